The highest BCUT2D eigenvalue weighted by Crippen LogP contribution is 2.47. The number of nitrogens with two attached hydrogens (primary N) is 1. The van der Waals surface area contributed by atoms with Gasteiger partial charge in [-0.05, 0) is 85.8 Å². The fraction of sp³-hybridized carbons (Fsp3) is 0.226. The van der Waals surface area contributed by atoms with Gasteiger partial charge < -0.3 is 10.5 Å². The van der Waals surface area contributed by atoms with Gasteiger partial charge in [0.25, 0.3) is 0 Å². The van der Waals surface area contributed by atoms with E-state index in [1.807, 2.05) is 44.2 Å². The molecule has 39 heavy (non-hydrogen) atoms. The molecule has 2 N–H and O–H groups in total. The summed E-state index contributed by atoms with van der Waals surface area (Å²) < 4.78 is 21.0. The van der Waals surface area contributed by atoms with E-state index in [4.69, 9.17) is 22.1 Å². The first kappa shape index (κ1) is 27.0. The van der Waals surface area contributed by atoms with E-state index in [-0.39, 0.29) is 22.2 Å². The molecular formula is C31H26BrClFN3O2. The Morgan fingerprint density at radius 1 is 1.15 bits per heavy atom. The molecule has 0 radical (unpaired) electrons. The Balaban J connectivity index is 1.63. The summed E-state index contributed by atoms with van der Waals surface area (Å²) in [4.78, 5) is 15.2. The van der Waals surface area contributed by atoms with Gasteiger partial charge in [0.15, 0.2) is 5.78 Å². The number of anilines is 1. The molecule has 2 aliphatic rings. The smallest absolute Gasteiger partial charge is 0.161 e. The lowest BCUT2D eigenvalue weighted by Crippen LogP contribution is -2.39. The summed E-state index contributed by atoms with van der Waals surface area (Å²) in [6, 6.07) is 18.3. The van der Waals surface area contributed by atoms with Gasteiger partial charge in [0.1, 0.15) is 24.0 Å². The minimum absolute atomic E-state index is 0.0201. The number of rotatable bonds is 5. The number of carbonyl (C=O) groups is 1. The van der Waals surface area contributed by atoms with Gasteiger partial charge in [-0.2, -0.15) is 5.26 Å². The lowest BCUT2D eigenvalue weighted by Gasteiger charge is -2.40. The van der Waals surface area contributed by atoms with Gasteiger partial charge in [-0.3, -0.25) is 9.69 Å². The first-order valence-electron chi connectivity index (χ1n) is 12.6. The largest absolute Gasteiger partial charge is 0.489 e. The highest BCUT2D eigenvalue weighted by atomic mass is 79.9. The monoisotopic (exact) mass is 605 g/mol. The Hall–Kier alpha value is -3.60. The minimum atomic E-state index is -0.615. The second kappa shape index (κ2) is 10.9. The summed E-state index contributed by atoms with van der Waals surface area (Å²) in [7, 11) is 0. The summed E-state index contributed by atoms with van der Waals surface area (Å²) in [5.41, 5.74) is 12.5. The van der Waals surface area contributed by atoms with Crippen LogP contribution in [0.2, 0.25) is 5.02 Å². The first-order valence-corrected chi connectivity index (χ1v) is 13.8. The van der Waals surface area contributed by atoms with Gasteiger partial charge in [0, 0.05) is 27.9 Å². The summed E-state index contributed by atoms with van der Waals surface area (Å²) in [6.45, 7) is 4.30. The van der Waals surface area contributed by atoms with Crippen LogP contribution < -0.4 is 15.4 Å². The number of halogens is 3. The molecule has 3 aromatic rings. The summed E-state index contributed by atoms with van der Waals surface area (Å²) in [5, 5.41) is 10.3. The molecule has 1 unspecified atom stereocenters. The summed E-state index contributed by atoms with van der Waals surface area (Å²) in [6.07, 6.45) is 1.64. The number of hydrogen-bond donors (Lipinski definition) is 1. The maximum Gasteiger partial charge on any atom is 0.161 e. The number of Topliss-reactive ketones (excluding diaryl/α,β-unsaturated/α-hetero) is 1. The van der Waals surface area contributed by atoms with E-state index in [1.54, 1.807) is 11.0 Å². The topological polar surface area (TPSA) is 79.3 Å². The second-order valence-corrected chi connectivity index (χ2v) is 11.1. The molecule has 0 amide bonds. The quantitative estimate of drug-likeness (QED) is 0.321. The number of allylic oxidation sites excluding steroid dienone is 3. The van der Waals surface area contributed by atoms with E-state index in [0.29, 0.717) is 37.1 Å². The predicted molar refractivity (Wildman–Crippen MR) is 154 cm³/mol. The maximum atomic E-state index is 14.0. The second-order valence-electron chi connectivity index (χ2n) is 9.80. The molecule has 0 saturated carbocycles. The molecule has 0 aromatic heterocycles. The van der Waals surface area contributed by atoms with E-state index in [0.717, 1.165) is 38.2 Å². The van der Waals surface area contributed by atoms with Crippen LogP contribution in [-0.4, -0.2) is 5.78 Å². The highest BCUT2D eigenvalue weighted by molar-refractivity contribution is 9.10. The van der Waals surface area contributed by atoms with Crippen molar-refractivity contribution in [3.8, 4) is 11.8 Å². The zero-order valence-electron chi connectivity index (χ0n) is 21.5. The third kappa shape index (κ3) is 5.07. The molecular weight excluding hydrogens is 581 g/mol. The zero-order valence-corrected chi connectivity index (χ0v) is 23.9. The van der Waals surface area contributed by atoms with Crippen molar-refractivity contribution < 1.29 is 13.9 Å². The van der Waals surface area contributed by atoms with Crippen molar-refractivity contribution >= 4 is 39.0 Å². The molecule has 1 atom stereocenters. The number of ether oxygens (including phenoxy) is 1. The molecule has 0 saturated heterocycles. The number of nitrogens with zero attached hydrogens (tertiary/aromatic N) is 2. The van der Waals surface area contributed by atoms with Crippen molar-refractivity contribution in [2.45, 2.75) is 45.6 Å². The van der Waals surface area contributed by atoms with Crippen molar-refractivity contribution in [2.75, 3.05) is 4.90 Å². The van der Waals surface area contributed by atoms with Crippen LogP contribution in [0, 0.1) is 31.0 Å². The van der Waals surface area contributed by atoms with E-state index >= 15 is 0 Å². The van der Waals surface area contributed by atoms with Crippen LogP contribution >= 0.6 is 27.5 Å². The molecule has 198 valence electrons. The van der Waals surface area contributed by atoms with Gasteiger partial charge in [-0.15, -0.1) is 0 Å². The van der Waals surface area contributed by atoms with E-state index < -0.39 is 11.7 Å². The SMILES string of the molecule is Cc1cc(COc2ccc(Br)cc2)c(C)c(C2C(C#N)=C(N)N(c3ccc(F)c(Cl)c3)C3=C2C(=O)CCC3)c1. The molecule has 0 bridgehead atoms. The fourth-order valence-electron chi connectivity index (χ4n) is 5.42. The number of hydrogen-bond acceptors (Lipinski definition) is 5. The van der Waals surface area contributed by atoms with Crippen molar-refractivity contribution in [3.63, 3.8) is 0 Å². The number of ketones is 1. The van der Waals surface area contributed by atoms with E-state index in [2.05, 4.69) is 28.1 Å². The van der Waals surface area contributed by atoms with Crippen LogP contribution in [0.25, 0.3) is 0 Å². The average Bonchev–Trinajstić information content (AvgIpc) is 2.91. The van der Waals surface area contributed by atoms with Gasteiger partial charge >= 0.3 is 0 Å². The van der Waals surface area contributed by atoms with Crippen LogP contribution in [0.1, 0.15) is 47.4 Å². The molecule has 0 spiro atoms. The molecule has 1 aliphatic carbocycles. The van der Waals surface area contributed by atoms with Gasteiger partial charge in [-0.25, -0.2) is 4.39 Å². The number of aryl methyl sites for hydroxylation is 1. The molecule has 8 heteroatoms. The lowest BCUT2D eigenvalue weighted by molar-refractivity contribution is -0.116. The third-order valence-corrected chi connectivity index (χ3v) is 8.11. The molecule has 1 heterocycles. The zero-order chi connectivity index (χ0) is 27.8. The van der Waals surface area contributed by atoms with Crippen LogP contribution in [-0.2, 0) is 11.4 Å². The molecule has 5 rings (SSSR count). The average molecular weight is 607 g/mol. The normalized spacial score (nSPS) is 17.3. The summed E-state index contributed by atoms with van der Waals surface area (Å²) >= 11 is 9.53. The van der Waals surface area contributed by atoms with Crippen molar-refractivity contribution in [1.29, 1.82) is 5.26 Å². The van der Waals surface area contributed by atoms with Crippen molar-refractivity contribution in [3.05, 3.63) is 115 Å². The first-order chi connectivity index (χ1) is 18.7. The Morgan fingerprint density at radius 3 is 2.59 bits per heavy atom. The van der Waals surface area contributed by atoms with Gasteiger partial charge in [0.2, 0.25) is 0 Å². The standard InChI is InChI=1S/C31H26BrClFN3O2/c1-17-12-19(16-39-22-9-6-20(32)7-10-22)18(2)23(13-17)29-24(15-35)31(36)37(21-8-11-26(34)25(33)14-21)27-4-3-5-28(38)30(27)29/h6-14,29H,3-5,16,36H2,1-2H3. The van der Waals surface area contributed by atoms with E-state index in [9.17, 15) is 14.4 Å². The molecule has 3 aromatic carbocycles. The predicted octanol–water partition coefficient (Wildman–Crippen LogP) is 7.74. The fourth-order valence-corrected chi connectivity index (χ4v) is 5.86. The van der Waals surface area contributed by atoms with Crippen molar-refractivity contribution in [1.82, 2.24) is 0 Å². The third-order valence-electron chi connectivity index (χ3n) is 7.29. The minimum Gasteiger partial charge on any atom is -0.489 e. The maximum absolute atomic E-state index is 14.0. The molecule has 5 nitrogen and oxygen atoms in total. The Bertz CT molecular complexity index is 1590. The Morgan fingerprint density at radius 2 is 1.90 bits per heavy atom. The highest BCUT2D eigenvalue weighted by Gasteiger charge is 2.41. The van der Waals surface area contributed by atoms with Crippen LogP contribution in [0.15, 0.2) is 81.7 Å². The number of benzene rings is 3. The summed E-state index contributed by atoms with van der Waals surface area (Å²) in [5.74, 6) is -0.237. The molecule has 0 fully saturated rings. The Kier molecular flexibility index (Phi) is 7.53. The Labute approximate surface area is 240 Å². The van der Waals surface area contributed by atoms with E-state index in [1.165, 1.54) is 12.1 Å². The van der Waals surface area contributed by atoms with Crippen molar-refractivity contribution in [2.24, 2.45) is 5.73 Å². The van der Waals surface area contributed by atoms with Gasteiger partial charge in [-0.1, -0.05) is 45.2 Å². The molecule has 1 aliphatic heterocycles. The van der Waals surface area contributed by atoms with Crippen LogP contribution in [0.3, 0.4) is 0 Å². The lowest BCUT2D eigenvalue weighted by atomic mass is 9.73. The number of carbonyl (C=O) groups excluding carboxylic acids is 1. The van der Waals surface area contributed by atoms with Crippen LogP contribution in [0.5, 0.6) is 5.75 Å². The number of nitriles is 1. The van der Waals surface area contributed by atoms with Gasteiger partial charge in [0.05, 0.1) is 22.6 Å². The van der Waals surface area contributed by atoms with Crippen LogP contribution in [0.4, 0.5) is 10.1 Å².